The molecular formula is H11CaMgN2O7P. The Labute approximate surface area is 113 Å². The smallest absolute Gasteiger partial charge is 0.316 e. The number of hydrogen-bond acceptors (Lipinski definition) is 4. The monoisotopic (exact) mass is 246 g/mol. The Hall–Kier alpha value is 1.30. The summed E-state index contributed by atoms with van der Waals surface area (Å²) in [6.45, 7) is 0. The van der Waals surface area contributed by atoms with Gasteiger partial charge < -0.3 is 26.0 Å². The largest absolute Gasteiger partial charge is 0.316 e. The summed E-state index contributed by atoms with van der Waals surface area (Å²) < 4.78 is 8.88. The van der Waals surface area contributed by atoms with E-state index in [2.05, 4.69) is 0 Å². The van der Waals surface area contributed by atoms with Crippen molar-refractivity contribution in [3.63, 3.8) is 0 Å². The molecule has 0 amide bonds. The van der Waals surface area contributed by atoms with Crippen molar-refractivity contribution in [1.82, 2.24) is 6.15 Å². The van der Waals surface area contributed by atoms with Crippen molar-refractivity contribution in [1.29, 1.82) is 0 Å². The quantitative estimate of drug-likeness (QED) is 0.130. The minimum absolute atomic E-state index is 0. The Morgan fingerprint density at radius 2 is 1.25 bits per heavy atom. The second-order valence-electron chi connectivity index (χ2n) is 0.751. The van der Waals surface area contributed by atoms with E-state index < -0.39 is 12.9 Å². The normalized spacial score (nSPS) is 6.92. The summed E-state index contributed by atoms with van der Waals surface area (Å²) in [5, 5.41) is 13.6. The first-order valence-corrected chi connectivity index (χ1v) is 2.91. The van der Waals surface area contributed by atoms with Crippen molar-refractivity contribution in [2.24, 2.45) is 0 Å². The predicted octanol–water partition coefficient (Wildman–Crippen LogP) is -2.95. The third-order valence-electron chi connectivity index (χ3n) is 0. The van der Waals surface area contributed by atoms with Crippen LogP contribution in [0.3, 0.4) is 0 Å². The third-order valence-corrected chi connectivity index (χ3v) is 0. The minimum atomic E-state index is -4.64. The van der Waals surface area contributed by atoms with Gasteiger partial charge in [-0.15, -0.1) is 10.1 Å². The molecular weight excluding hydrogens is 235 g/mol. The van der Waals surface area contributed by atoms with Crippen LogP contribution in [0.2, 0.25) is 0 Å². The Morgan fingerprint density at radius 1 is 1.25 bits per heavy atom. The van der Waals surface area contributed by atoms with Gasteiger partial charge in [-0.2, -0.15) is 0 Å². The van der Waals surface area contributed by atoms with Gasteiger partial charge in [-0.1, -0.05) is 0 Å². The molecule has 0 aromatic rings. The molecule has 0 bridgehead atoms. The van der Waals surface area contributed by atoms with Gasteiger partial charge >= 0.3 is 68.6 Å². The van der Waals surface area contributed by atoms with E-state index in [0.29, 0.717) is 0 Å². The maximum absolute atomic E-state index is 8.88. The fourth-order valence-electron chi connectivity index (χ4n) is 0. The molecule has 0 saturated heterocycles. The SMILES string of the molecule is N.O=P(O)(O)O.O=[N+]([O-])O.[CaH2].[MgH2]. The molecule has 12 heavy (non-hydrogen) atoms. The molecule has 7 N–H and O–H groups in total. The Kier molecular flexibility index (Phi) is 36.0. The standard InChI is InChI=1S/Ca.Mg.HNO3.H3N.H3O4P.4H/c;;2-1(3)4;;1-5(2,3)4;;;;/h;;(H,2,3,4);1H3;(H3,1,2,3,4);;;;. The second-order valence-corrected chi connectivity index (χ2v) is 1.78. The van der Waals surface area contributed by atoms with Crippen molar-refractivity contribution >= 4 is 68.6 Å². The molecule has 0 aliphatic heterocycles. The molecule has 0 fully saturated rings. The molecule has 0 rings (SSSR count). The van der Waals surface area contributed by atoms with Gasteiger partial charge in [0.05, 0.1) is 0 Å². The first-order chi connectivity index (χ1) is 3.73. The predicted molar refractivity (Wildman–Crippen MR) is 45.2 cm³/mol. The summed E-state index contributed by atoms with van der Waals surface area (Å²) in [5.41, 5.74) is 0. The van der Waals surface area contributed by atoms with Gasteiger partial charge in [0.1, 0.15) is 0 Å². The van der Waals surface area contributed by atoms with Gasteiger partial charge in [-0.05, 0) is 0 Å². The van der Waals surface area contributed by atoms with E-state index in [-0.39, 0.29) is 66.9 Å². The fraction of sp³-hybridized carbons (Fsp3) is 0. The zero-order valence-electron chi connectivity index (χ0n) is 4.62. The second kappa shape index (κ2) is 14.8. The summed E-state index contributed by atoms with van der Waals surface area (Å²) in [4.78, 5) is 29.9. The summed E-state index contributed by atoms with van der Waals surface area (Å²) in [7, 11) is -4.64. The number of phosphoric acid groups is 1. The molecule has 0 radical (unpaired) electrons. The van der Waals surface area contributed by atoms with Crippen molar-refractivity contribution < 1.29 is 29.5 Å². The van der Waals surface area contributed by atoms with Gasteiger partial charge in [-0.25, -0.2) is 4.57 Å². The van der Waals surface area contributed by atoms with Crippen LogP contribution in [0.25, 0.3) is 0 Å². The van der Waals surface area contributed by atoms with Crippen LogP contribution >= 0.6 is 7.82 Å². The molecule has 0 aliphatic rings. The summed E-state index contributed by atoms with van der Waals surface area (Å²) in [5.74, 6) is 0. The molecule has 9 nitrogen and oxygen atoms in total. The average molecular weight is 246 g/mol. The third kappa shape index (κ3) is 713. The van der Waals surface area contributed by atoms with Crippen LogP contribution in [0, 0.1) is 10.1 Å². The van der Waals surface area contributed by atoms with Gasteiger partial charge in [0, 0.05) is 0 Å². The Balaban J connectivity index is -0.0000000221. The molecule has 72 valence electrons. The van der Waals surface area contributed by atoms with Gasteiger partial charge in [0.15, 0.2) is 0 Å². The molecule has 0 aromatic heterocycles. The molecule has 0 heterocycles. The van der Waals surface area contributed by atoms with Gasteiger partial charge in [0.2, 0.25) is 0 Å². The van der Waals surface area contributed by atoms with Crippen molar-refractivity contribution in [2.45, 2.75) is 0 Å². The fourth-order valence-corrected chi connectivity index (χ4v) is 0. The molecule has 0 saturated carbocycles. The van der Waals surface area contributed by atoms with E-state index in [1.807, 2.05) is 0 Å². The van der Waals surface area contributed by atoms with Crippen LogP contribution in [0.15, 0.2) is 0 Å². The molecule has 0 unspecified atom stereocenters. The van der Waals surface area contributed by atoms with Crippen molar-refractivity contribution in [2.75, 3.05) is 0 Å². The minimum Gasteiger partial charge on any atom is 0.316 e. The van der Waals surface area contributed by atoms with Crippen LogP contribution in [0.1, 0.15) is 0 Å². The van der Waals surface area contributed by atoms with E-state index >= 15 is 0 Å². The molecule has 0 atom stereocenters. The van der Waals surface area contributed by atoms with E-state index in [9.17, 15) is 0 Å². The average Bonchev–Trinajstić information content (AvgIpc) is 1.19. The molecule has 0 aromatic carbocycles. The topological polar surface area (TPSA) is 176 Å². The van der Waals surface area contributed by atoms with Crippen LogP contribution in [0.4, 0.5) is 0 Å². The number of nitrogens with zero attached hydrogens (tertiary/aromatic N) is 1. The summed E-state index contributed by atoms with van der Waals surface area (Å²) in [6.07, 6.45) is 0. The molecule has 0 aliphatic carbocycles. The molecule has 12 heteroatoms. The van der Waals surface area contributed by atoms with Crippen molar-refractivity contribution in [3.05, 3.63) is 10.1 Å². The van der Waals surface area contributed by atoms with Crippen LogP contribution in [-0.4, -0.2) is 85.8 Å². The van der Waals surface area contributed by atoms with E-state index in [1.54, 1.807) is 0 Å². The number of rotatable bonds is 0. The van der Waals surface area contributed by atoms with E-state index in [4.69, 9.17) is 34.6 Å². The maximum Gasteiger partial charge on any atom is 0.316 e. The van der Waals surface area contributed by atoms with Gasteiger partial charge in [0.25, 0.3) is 5.09 Å². The zero-order valence-corrected chi connectivity index (χ0v) is 5.51. The Morgan fingerprint density at radius 3 is 1.25 bits per heavy atom. The zero-order chi connectivity index (χ0) is 8.08. The number of hydrogen-bond donors (Lipinski definition) is 5. The van der Waals surface area contributed by atoms with E-state index in [1.165, 1.54) is 0 Å². The van der Waals surface area contributed by atoms with Crippen LogP contribution in [0.5, 0.6) is 0 Å². The van der Waals surface area contributed by atoms with Crippen LogP contribution in [-0.2, 0) is 4.57 Å². The first-order valence-electron chi connectivity index (χ1n) is 1.35. The van der Waals surface area contributed by atoms with E-state index in [0.717, 1.165) is 0 Å². The first kappa shape index (κ1) is 29.2. The Bertz CT molecular complexity index is 121. The maximum atomic E-state index is 8.88. The summed E-state index contributed by atoms with van der Waals surface area (Å²) in [6, 6.07) is 0. The van der Waals surface area contributed by atoms with Crippen LogP contribution < -0.4 is 6.15 Å². The molecule has 0 spiro atoms. The van der Waals surface area contributed by atoms with Gasteiger partial charge in [-0.3, -0.25) is 0 Å². The van der Waals surface area contributed by atoms with Crippen molar-refractivity contribution in [3.8, 4) is 0 Å². The summed E-state index contributed by atoms with van der Waals surface area (Å²) >= 11 is 0.